The van der Waals surface area contributed by atoms with Gasteiger partial charge in [-0.15, -0.1) is 0 Å². The van der Waals surface area contributed by atoms with E-state index in [1.54, 1.807) is 13.0 Å². The summed E-state index contributed by atoms with van der Waals surface area (Å²) in [6.07, 6.45) is 7.63. The minimum absolute atomic E-state index is 0.0598. The summed E-state index contributed by atoms with van der Waals surface area (Å²) in [6, 6.07) is 7.39. The Morgan fingerprint density at radius 1 is 1.14 bits per heavy atom. The van der Waals surface area contributed by atoms with Crippen LogP contribution in [0.5, 0.6) is 0 Å². The lowest BCUT2D eigenvalue weighted by Gasteiger charge is -2.11. The summed E-state index contributed by atoms with van der Waals surface area (Å²) in [5, 5.41) is 6.94. The number of hydrogen-bond donors (Lipinski definition) is 2. The van der Waals surface area contributed by atoms with E-state index in [0.717, 1.165) is 18.7 Å². The summed E-state index contributed by atoms with van der Waals surface area (Å²) < 4.78 is 0. The lowest BCUT2D eigenvalue weighted by atomic mass is 10.1. The zero-order valence-corrected chi connectivity index (χ0v) is 13.9. The summed E-state index contributed by atoms with van der Waals surface area (Å²) in [5.41, 5.74) is 1.54. The molecule has 2 N–H and O–H groups in total. The third kappa shape index (κ3) is 7.81. The van der Waals surface area contributed by atoms with Crippen LogP contribution in [0.2, 0.25) is 0 Å². The van der Waals surface area contributed by atoms with Crippen LogP contribution in [-0.4, -0.2) is 17.4 Å². The number of rotatable bonds is 9. The number of unbranched alkanes of at least 4 members (excludes halogenated alkanes) is 5. The molecule has 0 radical (unpaired) electrons. The minimum atomic E-state index is 0.0598. The molecule has 1 aromatic carbocycles. The number of carbonyl (C=O) groups is 1. The maximum Gasteiger partial charge on any atom is 0.170 e. The number of nitrogens with one attached hydrogen (secondary N) is 2. The van der Waals surface area contributed by atoms with E-state index >= 15 is 0 Å². The maximum atomic E-state index is 11.3. The van der Waals surface area contributed by atoms with Gasteiger partial charge in [-0.3, -0.25) is 4.79 Å². The second-order valence-corrected chi connectivity index (χ2v) is 5.69. The highest BCUT2D eigenvalue weighted by Crippen LogP contribution is 2.11. The van der Waals surface area contributed by atoms with Crippen molar-refractivity contribution in [3.05, 3.63) is 29.8 Å². The lowest BCUT2D eigenvalue weighted by Crippen LogP contribution is -2.29. The molecule has 0 unspecified atom stereocenters. The predicted molar refractivity (Wildman–Crippen MR) is 94.0 cm³/mol. The Morgan fingerprint density at radius 3 is 2.57 bits per heavy atom. The second kappa shape index (κ2) is 10.3. The minimum Gasteiger partial charge on any atom is -0.362 e. The molecular weight excluding hydrogens is 280 g/mol. The first-order chi connectivity index (χ1) is 10.1. The number of hydrogen-bond acceptors (Lipinski definition) is 2. The molecule has 0 atom stereocenters. The quantitative estimate of drug-likeness (QED) is 0.399. The van der Waals surface area contributed by atoms with E-state index in [4.69, 9.17) is 12.2 Å². The van der Waals surface area contributed by atoms with Crippen LogP contribution in [0.25, 0.3) is 0 Å². The largest absolute Gasteiger partial charge is 0.362 e. The van der Waals surface area contributed by atoms with E-state index in [1.807, 2.05) is 18.2 Å². The lowest BCUT2D eigenvalue weighted by molar-refractivity contribution is 0.101. The molecule has 1 aromatic rings. The first-order valence-corrected chi connectivity index (χ1v) is 8.20. The van der Waals surface area contributed by atoms with Crippen molar-refractivity contribution in [2.75, 3.05) is 11.9 Å². The van der Waals surface area contributed by atoms with Gasteiger partial charge in [-0.1, -0.05) is 51.2 Å². The third-order valence-corrected chi connectivity index (χ3v) is 3.59. The number of anilines is 1. The standard InChI is InChI=1S/C17H26N2OS/c1-3-4-5-6-7-8-12-18-17(21)19-16-11-9-10-15(13-16)14(2)20/h9-11,13H,3-8,12H2,1-2H3,(H2,18,19,21). The fourth-order valence-electron chi connectivity index (χ4n) is 2.10. The van der Waals surface area contributed by atoms with Gasteiger partial charge in [-0.25, -0.2) is 0 Å². The average molecular weight is 306 g/mol. The molecule has 0 aliphatic rings. The Morgan fingerprint density at radius 2 is 1.86 bits per heavy atom. The molecule has 116 valence electrons. The fraction of sp³-hybridized carbons (Fsp3) is 0.529. The third-order valence-electron chi connectivity index (χ3n) is 3.34. The Bertz CT molecular complexity index is 460. The van der Waals surface area contributed by atoms with Crippen molar-refractivity contribution in [1.82, 2.24) is 5.32 Å². The zero-order chi connectivity index (χ0) is 15.5. The van der Waals surface area contributed by atoms with Gasteiger partial charge in [0.2, 0.25) is 0 Å². The van der Waals surface area contributed by atoms with Crippen LogP contribution in [0.1, 0.15) is 62.7 Å². The molecule has 0 aromatic heterocycles. The number of thiocarbonyl (C=S) groups is 1. The Kier molecular flexibility index (Phi) is 8.67. The first-order valence-electron chi connectivity index (χ1n) is 7.79. The molecule has 0 amide bonds. The van der Waals surface area contributed by atoms with Crippen LogP contribution in [0.3, 0.4) is 0 Å². The van der Waals surface area contributed by atoms with E-state index in [0.29, 0.717) is 10.7 Å². The summed E-state index contributed by atoms with van der Waals surface area (Å²) >= 11 is 5.26. The van der Waals surface area contributed by atoms with Crippen molar-refractivity contribution in [1.29, 1.82) is 0 Å². The Labute approximate surface area is 133 Å². The number of benzene rings is 1. The number of ketones is 1. The van der Waals surface area contributed by atoms with E-state index in [-0.39, 0.29) is 5.78 Å². The summed E-state index contributed by atoms with van der Waals surface area (Å²) in [4.78, 5) is 11.3. The first kappa shape index (κ1) is 17.6. The molecule has 0 saturated heterocycles. The van der Waals surface area contributed by atoms with E-state index in [2.05, 4.69) is 17.6 Å². The molecule has 3 nitrogen and oxygen atoms in total. The van der Waals surface area contributed by atoms with Crippen LogP contribution in [0.15, 0.2) is 24.3 Å². The highest BCUT2D eigenvalue weighted by molar-refractivity contribution is 7.80. The van der Waals surface area contributed by atoms with Crippen LogP contribution >= 0.6 is 12.2 Å². The highest BCUT2D eigenvalue weighted by Gasteiger charge is 2.02. The molecule has 0 heterocycles. The Balaban J connectivity index is 2.21. The molecule has 0 fully saturated rings. The second-order valence-electron chi connectivity index (χ2n) is 5.29. The number of Topliss-reactive ketones (excluding diaryl/α,β-unsaturated/α-hetero) is 1. The SMILES string of the molecule is CCCCCCCCNC(=S)Nc1cccc(C(C)=O)c1. The molecule has 1 rings (SSSR count). The smallest absolute Gasteiger partial charge is 0.170 e. The van der Waals surface area contributed by atoms with Gasteiger partial charge < -0.3 is 10.6 Å². The molecule has 0 aliphatic carbocycles. The molecule has 0 aliphatic heterocycles. The van der Waals surface area contributed by atoms with Gasteiger partial charge in [-0.05, 0) is 37.7 Å². The van der Waals surface area contributed by atoms with Crippen molar-refractivity contribution >= 4 is 28.8 Å². The molecule has 21 heavy (non-hydrogen) atoms. The monoisotopic (exact) mass is 306 g/mol. The molecule has 0 spiro atoms. The summed E-state index contributed by atoms with van der Waals surface area (Å²) in [6.45, 7) is 4.69. The van der Waals surface area contributed by atoms with Crippen molar-refractivity contribution < 1.29 is 4.79 Å². The zero-order valence-electron chi connectivity index (χ0n) is 13.1. The van der Waals surface area contributed by atoms with Crippen LogP contribution in [0, 0.1) is 0 Å². The van der Waals surface area contributed by atoms with Crippen molar-refractivity contribution in [3.63, 3.8) is 0 Å². The van der Waals surface area contributed by atoms with Crippen molar-refractivity contribution in [3.8, 4) is 0 Å². The number of carbonyl (C=O) groups excluding carboxylic acids is 1. The molecule has 0 saturated carbocycles. The van der Waals surface area contributed by atoms with Crippen LogP contribution in [0.4, 0.5) is 5.69 Å². The van der Waals surface area contributed by atoms with Gasteiger partial charge in [0.15, 0.2) is 10.9 Å². The molecular formula is C17H26N2OS. The normalized spacial score (nSPS) is 10.2. The van der Waals surface area contributed by atoms with Crippen molar-refractivity contribution in [2.24, 2.45) is 0 Å². The van der Waals surface area contributed by atoms with Gasteiger partial charge in [0, 0.05) is 17.8 Å². The highest BCUT2D eigenvalue weighted by atomic mass is 32.1. The van der Waals surface area contributed by atoms with Gasteiger partial charge in [0.05, 0.1) is 0 Å². The summed E-state index contributed by atoms with van der Waals surface area (Å²) in [5.74, 6) is 0.0598. The Hall–Kier alpha value is -1.42. The van der Waals surface area contributed by atoms with Crippen LogP contribution < -0.4 is 10.6 Å². The van der Waals surface area contributed by atoms with E-state index in [9.17, 15) is 4.79 Å². The molecule has 4 heteroatoms. The predicted octanol–water partition coefficient (Wildman–Crippen LogP) is 4.54. The van der Waals surface area contributed by atoms with Gasteiger partial charge in [-0.2, -0.15) is 0 Å². The van der Waals surface area contributed by atoms with E-state index in [1.165, 1.54) is 32.1 Å². The topological polar surface area (TPSA) is 41.1 Å². The van der Waals surface area contributed by atoms with Gasteiger partial charge in [0.1, 0.15) is 0 Å². The summed E-state index contributed by atoms with van der Waals surface area (Å²) in [7, 11) is 0. The van der Waals surface area contributed by atoms with Crippen LogP contribution in [-0.2, 0) is 0 Å². The average Bonchev–Trinajstić information content (AvgIpc) is 2.46. The molecule has 0 bridgehead atoms. The fourth-order valence-corrected chi connectivity index (χ4v) is 2.32. The van der Waals surface area contributed by atoms with E-state index < -0.39 is 0 Å². The maximum absolute atomic E-state index is 11.3. The van der Waals surface area contributed by atoms with Gasteiger partial charge >= 0.3 is 0 Å². The van der Waals surface area contributed by atoms with Crippen molar-refractivity contribution in [2.45, 2.75) is 52.4 Å². The van der Waals surface area contributed by atoms with Gasteiger partial charge in [0.25, 0.3) is 0 Å².